The van der Waals surface area contributed by atoms with E-state index >= 15 is 0 Å². The van der Waals surface area contributed by atoms with Crippen molar-refractivity contribution >= 4 is 0 Å². The lowest BCUT2D eigenvalue weighted by Crippen LogP contribution is -2.93. The molecule has 3 N–H and O–H groups in total. The Morgan fingerprint density at radius 1 is 0.786 bits per heavy atom. The van der Waals surface area contributed by atoms with E-state index < -0.39 is 0 Å². The molecule has 0 aliphatic carbocycles. The molecule has 0 saturated carbocycles. The van der Waals surface area contributed by atoms with E-state index in [9.17, 15) is 0 Å². The highest BCUT2D eigenvalue weighted by molar-refractivity contribution is 4.40. The molecule has 14 heavy (non-hydrogen) atoms. The van der Waals surface area contributed by atoms with E-state index in [2.05, 4.69) is 24.7 Å². The Kier molecular flexibility index (Phi) is 12.8. The molecule has 0 fully saturated rings. The fourth-order valence-corrected chi connectivity index (χ4v) is 1.53. The Bertz CT molecular complexity index is 82.3. The van der Waals surface area contributed by atoms with Gasteiger partial charge in [0, 0.05) is 6.54 Å². The molecule has 0 aromatic carbocycles. The van der Waals surface area contributed by atoms with Gasteiger partial charge in [0.05, 0.1) is 6.54 Å². The van der Waals surface area contributed by atoms with Crippen LogP contribution in [0.25, 0.3) is 0 Å². The molecule has 0 spiro atoms. The molecule has 0 unspecified atom stereocenters. The SMILES string of the molecule is CCCCCCN[NH2+]CCCCCC. The van der Waals surface area contributed by atoms with Crippen LogP contribution in [0.5, 0.6) is 0 Å². The van der Waals surface area contributed by atoms with Crippen molar-refractivity contribution in [2.24, 2.45) is 0 Å². The standard InChI is InChI=1S/C12H28N2/c1-3-5-7-9-11-13-14-12-10-8-6-4-2/h13-14H,3-12H2,1-2H3/p+1. The molecule has 2 heteroatoms. The molecule has 0 radical (unpaired) electrons. The van der Waals surface area contributed by atoms with E-state index in [4.69, 9.17) is 0 Å². The van der Waals surface area contributed by atoms with Crippen LogP contribution in [0.1, 0.15) is 65.2 Å². The van der Waals surface area contributed by atoms with Crippen LogP contribution in [0.4, 0.5) is 0 Å². The number of hydrogen-bond donors (Lipinski definition) is 2. The Morgan fingerprint density at radius 2 is 1.43 bits per heavy atom. The van der Waals surface area contributed by atoms with Gasteiger partial charge in [-0.3, -0.25) is 5.43 Å². The topological polar surface area (TPSA) is 28.6 Å². The lowest BCUT2D eigenvalue weighted by atomic mass is 10.2. The van der Waals surface area contributed by atoms with Crippen LogP contribution in [-0.4, -0.2) is 13.1 Å². The number of rotatable bonds is 11. The van der Waals surface area contributed by atoms with Crippen LogP contribution in [0.15, 0.2) is 0 Å². The number of nitrogens with two attached hydrogens (primary N) is 1. The summed E-state index contributed by atoms with van der Waals surface area (Å²) in [5, 5.41) is 0. The summed E-state index contributed by atoms with van der Waals surface area (Å²) in [7, 11) is 0. The number of hydrogen-bond acceptors (Lipinski definition) is 1. The summed E-state index contributed by atoms with van der Waals surface area (Å²) in [6.07, 6.45) is 10.9. The van der Waals surface area contributed by atoms with E-state index in [0.717, 1.165) is 0 Å². The summed E-state index contributed by atoms with van der Waals surface area (Å²) in [6.45, 7) is 6.94. The van der Waals surface area contributed by atoms with Crippen LogP contribution in [-0.2, 0) is 0 Å². The normalized spacial score (nSPS) is 10.7. The van der Waals surface area contributed by atoms with Gasteiger partial charge in [0.15, 0.2) is 0 Å². The molecule has 86 valence electrons. The maximum atomic E-state index is 3.40. The molecule has 0 aliphatic rings. The molecule has 0 aromatic heterocycles. The van der Waals surface area contributed by atoms with Crippen molar-refractivity contribution in [1.29, 1.82) is 0 Å². The predicted octanol–water partition coefficient (Wildman–Crippen LogP) is 2.21. The second-order valence-electron chi connectivity index (χ2n) is 4.07. The van der Waals surface area contributed by atoms with E-state index in [1.807, 2.05) is 0 Å². The van der Waals surface area contributed by atoms with Crippen molar-refractivity contribution in [2.45, 2.75) is 65.2 Å². The van der Waals surface area contributed by atoms with Crippen molar-refractivity contribution in [2.75, 3.05) is 13.1 Å². The minimum Gasteiger partial charge on any atom is -0.269 e. The third kappa shape index (κ3) is 11.9. The van der Waals surface area contributed by atoms with Gasteiger partial charge < -0.3 is 0 Å². The summed E-state index contributed by atoms with van der Waals surface area (Å²) in [5.41, 5.74) is 5.65. The Balaban J connectivity index is 2.78. The molecular formula is C12H29N2+. The molecule has 0 heterocycles. The molecular weight excluding hydrogens is 172 g/mol. The minimum absolute atomic E-state index is 1.17. The lowest BCUT2D eigenvalue weighted by molar-refractivity contribution is -0.711. The number of unbranched alkanes of at least 4 members (excludes halogenated alkanes) is 6. The van der Waals surface area contributed by atoms with E-state index in [1.54, 1.807) is 0 Å². The fraction of sp³-hybridized carbons (Fsp3) is 1.00. The third-order valence-electron chi connectivity index (χ3n) is 2.52. The van der Waals surface area contributed by atoms with Crippen LogP contribution in [0.2, 0.25) is 0 Å². The summed E-state index contributed by atoms with van der Waals surface area (Å²) >= 11 is 0. The highest BCUT2D eigenvalue weighted by atomic mass is 15.3. The molecule has 0 atom stereocenters. The fourth-order valence-electron chi connectivity index (χ4n) is 1.53. The first-order chi connectivity index (χ1) is 6.91. The smallest absolute Gasteiger partial charge is 0.0929 e. The average molecular weight is 201 g/mol. The molecule has 0 rings (SSSR count). The molecule has 0 saturated heterocycles. The highest BCUT2D eigenvalue weighted by Crippen LogP contribution is 1.96. The average Bonchev–Trinajstić information content (AvgIpc) is 2.21. The molecule has 0 amide bonds. The van der Waals surface area contributed by atoms with Gasteiger partial charge in [0.2, 0.25) is 0 Å². The Labute approximate surface area is 89.8 Å². The van der Waals surface area contributed by atoms with Crippen molar-refractivity contribution in [3.05, 3.63) is 0 Å². The predicted molar refractivity (Wildman–Crippen MR) is 63.1 cm³/mol. The number of quaternary nitrogens is 1. The first kappa shape index (κ1) is 13.9. The summed E-state index contributed by atoms with van der Waals surface area (Å²) in [5.74, 6) is 0. The molecule has 2 nitrogen and oxygen atoms in total. The maximum Gasteiger partial charge on any atom is 0.0929 e. The van der Waals surface area contributed by atoms with Gasteiger partial charge in [0.1, 0.15) is 0 Å². The quantitative estimate of drug-likeness (QED) is 0.299. The zero-order chi connectivity index (χ0) is 10.5. The minimum atomic E-state index is 1.17. The molecule has 0 aliphatic heterocycles. The van der Waals surface area contributed by atoms with Crippen molar-refractivity contribution in [3.8, 4) is 0 Å². The second kappa shape index (κ2) is 12.9. The van der Waals surface area contributed by atoms with E-state index in [1.165, 1.54) is 64.5 Å². The van der Waals surface area contributed by atoms with Crippen LogP contribution in [0, 0.1) is 0 Å². The maximum absolute atomic E-state index is 3.40. The summed E-state index contributed by atoms with van der Waals surface area (Å²) < 4.78 is 0. The Morgan fingerprint density at radius 3 is 2.07 bits per heavy atom. The Hall–Kier alpha value is -0.0800. The van der Waals surface area contributed by atoms with E-state index in [-0.39, 0.29) is 0 Å². The number of nitrogens with one attached hydrogen (secondary N) is 1. The summed E-state index contributed by atoms with van der Waals surface area (Å²) in [6, 6.07) is 0. The zero-order valence-corrected chi connectivity index (χ0v) is 10.1. The van der Waals surface area contributed by atoms with Crippen LogP contribution >= 0.6 is 0 Å². The van der Waals surface area contributed by atoms with Crippen molar-refractivity contribution in [1.82, 2.24) is 5.43 Å². The van der Waals surface area contributed by atoms with Gasteiger partial charge in [-0.2, -0.15) is 5.43 Å². The van der Waals surface area contributed by atoms with Gasteiger partial charge >= 0.3 is 0 Å². The van der Waals surface area contributed by atoms with Crippen LogP contribution < -0.4 is 10.9 Å². The van der Waals surface area contributed by atoms with Gasteiger partial charge in [-0.15, -0.1) is 0 Å². The first-order valence-electron chi connectivity index (χ1n) is 6.46. The lowest BCUT2D eigenvalue weighted by Gasteiger charge is -2.02. The third-order valence-corrected chi connectivity index (χ3v) is 2.52. The van der Waals surface area contributed by atoms with Gasteiger partial charge in [-0.25, -0.2) is 0 Å². The van der Waals surface area contributed by atoms with E-state index in [0.29, 0.717) is 0 Å². The van der Waals surface area contributed by atoms with Gasteiger partial charge in [0.25, 0.3) is 0 Å². The van der Waals surface area contributed by atoms with Crippen molar-refractivity contribution in [3.63, 3.8) is 0 Å². The second-order valence-corrected chi connectivity index (χ2v) is 4.07. The highest BCUT2D eigenvalue weighted by Gasteiger charge is 1.91. The van der Waals surface area contributed by atoms with Crippen molar-refractivity contribution < 1.29 is 5.43 Å². The summed E-state index contributed by atoms with van der Waals surface area (Å²) in [4.78, 5) is 0. The largest absolute Gasteiger partial charge is 0.269 e. The first-order valence-corrected chi connectivity index (χ1v) is 6.46. The molecule has 0 bridgehead atoms. The monoisotopic (exact) mass is 201 g/mol. The zero-order valence-electron chi connectivity index (χ0n) is 10.1. The van der Waals surface area contributed by atoms with Gasteiger partial charge in [-0.05, 0) is 19.3 Å². The molecule has 0 aromatic rings. The van der Waals surface area contributed by atoms with Crippen LogP contribution in [0.3, 0.4) is 0 Å². The van der Waals surface area contributed by atoms with Gasteiger partial charge in [-0.1, -0.05) is 46.0 Å².